The molecule has 36 heavy (non-hydrogen) atoms. The zero-order chi connectivity index (χ0) is 25.0. The molecule has 0 unspecified atom stereocenters. The molecule has 5 heteroatoms. The molecule has 0 spiro atoms. The summed E-state index contributed by atoms with van der Waals surface area (Å²) in [6, 6.07) is 26.6. The Bertz CT molecular complexity index is 1720. The fourth-order valence-electron chi connectivity index (χ4n) is 5.08. The van der Waals surface area contributed by atoms with Crippen molar-refractivity contribution >= 4 is 45.1 Å². The number of fused-ring (bicyclic) bond motifs is 3. The smallest absolute Gasteiger partial charge is 0.266 e. The molecular formula is C31H22N2O3. The number of ketones is 1. The minimum absolute atomic E-state index is 0.0139. The molecule has 0 fully saturated rings. The number of carbonyl (C=O) groups is 3. The van der Waals surface area contributed by atoms with Gasteiger partial charge >= 0.3 is 0 Å². The maximum atomic E-state index is 14.0. The van der Waals surface area contributed by atoms with Crippen molar-refractivity contribution in [2.45, 2.75) is 20.3 Å². The summed E-state index contributed by atoms with van der Waals surface area (Å²) in [7, 11) is 0. The van der Waals surface area contributed by atoms with E-state index in [4.69, 9.17) is 4.98 Å². The molecule has 1 aromatic heterocycles. The van der Waals surface area contributed by atoms with E-state index in [9.17, 15) is 14.4 Å². The highest BCUT2D eigenvalue weighted by molar-refractivity contribution is 6.38. The van der Waals surface area contributed by atoms with E-state index in [1.165, 1.54) is 11.8 Å². The molecule has 6 rings (SSSR count). The van der Waals surface area contributed by atoms with Crippen LogP contribution in [0, 0.1) is 6.92 Å². The van der Waals surface area contributed by atoms with E-state index in [0.29, 0.717) is 27.9 Å². The van der Waals surface area contributed by atoms with E-state index >= 15 is 0 Å². The summed E-state index contributed by atoms with van der Waals surface area (Å²) in [5.74, 6) is -0.922. The minimum atomic E-state index is -0.428. The Morgan fingerprint density at radius 1 is 0.806 bits per heavy atom. The number of hydrogen-bond acceptors (Lipinski definition) is 4. The summed E-state index contributed by atoms with van der Waals surface area (Å²) in [6.07, 6.45) is 0.0139. The van der Waals surface area contributed by atoms with E-state index in [2.05, 4.69) is 0 Å². The summed E-state index contributed by atoms with van der Waals surface area (Å²) < 4.78 is 0. The standard InChI is InChI=1S/C31H22N2O3/c1-18-12-14-20(15-13-18)26-24-17-21-8-6-7-11-25(21)32-29(24)23(16-19(2)34)27-28(26)31(36)33(30(27)35)22-9-4-3-5-10-22/h3-15,17H,16H2,1-2H3. The molecule has 0 aliphatic carbocycles. The molecule has 1 aliphatic rings. The molecule has 0 atom stereocenters. The Morgan fingerprint density at radius 2 is 1.47 bits per heavy atom. The van der Waals surface area contributed by atoms with Crippen molar-refractivity contribution in [2.24, 2.45) is 0 Å². The number of carbonyl (C=O) groups excluding carboxylic acids is 3. The number of benzene rings is 4. The van der Waals surface area contributed by atoms with Gasteiger partial charge in [0.15, 0.2) is 0 Å². The molecular weight excluding hydrogens is 448 g/mol. The van der Waals surface area contributed by atoms with Crippen LogP contribution in [-0.4, -0.2) is 22.6 Å². The van der Waals surface area contributed by atoms with Gasteiger partial charge in [-0.25, -0.2) is 9.88 Å². The van der Waals surface area contributed by atoms with Crippen LogP contribution >= 0.6 is 0 Å². The predicted octanol–water partition coefficient (Wildman–Crippen LogP) is 6.30. The minimum Gasteiger partial charge on any atom is -0.300 e. The molecule has 0 saturated heterocycles. The summed E-state index contributed by atoms with van der Waals surface area (Å²) in [5.41, 5.74) is 5.52. The van der Waals surface area contributed by atoms with Gasteiger partial charge in [0, 0.05) is 22.8 Å². The third-order valence-electron chi connectivity index (χ3n) is 6.70. The lowest BCUT2D eigenvalue weighted by molar-refractivity contribution is -0.116. The molecule has 5 aromatic rings. The van der Waals surface area contributed by atoms with Crippen molar-refractivity contribution in [1.29, 1.82) is 0 Å². The number of aryl methyl sites for hydroxylation is 1. The molecule has 2 amide bonds. The molecule has 2 heterocycles. The van der Waals surface area contributed by atoms with Gasteiger partial charge in [0.2, 0.25) is 0 Å². The van der Waals surface area contributed by atoms with E-state index < -0.39 is 11.8 Å². The lowest BCUT2D eigenvalue weighted by atomic mass is 9.86. The maximum Gasteiger partial charge on any atom is 0.266 e. The second-order valence-corrected chi connectivity index (χ2v) is 9.21. The number of nitrogens with zero attached hydrogens (tertiary/aromatic N) is 2. The topological polar surface area (TPSA) is 67.3 Å². The number of imide groups is 1. The Kier molecular flexibility index (Phi) is 5.00. The van der Waals surface area contributed by atoms with Gasteiger partial charge in [-0.3, -0.25) is 14.4 Å². The highest BCUT2D eigenvalue weighted by atomic mass is 16.2. The highest BCUT2D eigenvalue weighted by Gasteiger charge is 2.42. The van der Waals surface area contributed by atoms with Crippen molar-refractivity contribution < 1.29 is 14.4 Å². The molecule has 4 aromatic carbocycles. The number of rotatable bonds is 4. The first-order valence-electron chi connectivity index (χ1n) is 11.8. The predicted molar refractivity (Wildman–Crippen MR) is 141 cm³/mol. The zero-order valence-corrected chi connectivity index (χ0v) is 19.9. The van der Waals surface area contributed by atoms with Crippen LogP contribution in [0.2, 0.25) is 0 Å². The maximum absolute atomic E-state index is 14.0. The van der Waals surface area contributed by atoms with E-state index in [0.717, 1.165) is 27.4 Å². The van der Waals surface area contributed by atoms with E-state index in [1.807, 2.05) is 67.6 Å². The first kappa shape index (κ1) is 21.9. The van der Waals surface area contributed by atoms with E-state index in [-0.39, 0.29) is 17.8 Å². The summed E-state index contributed by atoms with van der Waals surface area (Å²) in [6.45, 7) is 3.49. The fourth-order valence-corrected chi connectivity index (χ4v) is 5.08. The van der Waals surface area contributed by atoms with Crippen LogP contribution < -0.4 is 4.90 Å². The molecule has 174 valence electrons. The second-order valence-electron chi connectivity index (χ2n) is 9.21. The van der Waals surface area contributed by atoms with Crippen LogP contribution in [0.1, 0.15) is 38.8 Å². The Labute approximate surface area is 208 Å². The SMILES string of the molecule is CC(=O)Cc1c2c(c(-c3ccc(C)cc3)c3cc4ccccc4nc13)C(=O)N(c1ccccc1)C2=O. The average Bonchev–Trinajstić information content (AvgIpc) is 3.14. The first-order chi connectivity index (χ1) is 17.4. The monoisotopic (exact) mass is 470 g/mol. The average molecular weight is 471 g/mol. The molecule has 1 aliphatic heterocycles. The first-order valence-corrected chi connectivity index (χ1v) is 11.8. The third kappa shape index (κ3) is 3.32. The van der Waals surface area contributed by atoms with Gasteiger partial charge in [0.05, 0.1) is 27.8 Å². The van der Waals surface area contributed by atoms with Crippen LogP contribution in [0.15, 0.2) is 84.9 Å². The van der Waals surface area contributed by atoms with Gasteiger partial charge in [-0.15, -0.1) is 0 Å². The van der Waals surface area contributed by atoms with Gasteiger partial charge in [-0.05, 0) is 49.2 Å². The van der Waals surface area contributed by atoms with E-state index in [1.54, 1.807) is 24.3 Å². The normalized spacial score (nSPS) is 13.0. The van der Waals surface area contributed by atoms with Crippen LogP contribution in [0.5, 0.6) is 0 Å². The van der Waals surface area contributed by atoms with Crippen molar-refractivity contribution in [2.75, 3.05) is 4.90 Å². The number of Topliss-reactive ketones (excluding diaryl/α,β-unsaturated/α-hetero) is 1. The number of hydrogen-bond donors (Lipinski definition) is 0. The van der Waals surface area contributed by atoms with Crippen molar-refractivity contribution in [3.8, 4) is 11.1 Å². The molecule has 0 bridgehead atoms. The van der Waals surface area contributed by atoms with Gasteiger partial charge in [-0.2, -0.15) is 0 Å². The molecule has 0 radical (unpaired) electrons. The lowest BCUT2D eigenvalue weighted by Crippen LogP contribution is -2.29. The van der Waals surface area contributed by atoms with Crippen LogP contribution in [0.3, 0.4) is 0 Å². The zero-order valence-electron chi connectivity index (χ0n) is 19.9. The lowest BCUT2D eigenvalue weighted by Gasteiger charge is -2.16. The quantitative estimate of drug-likeness (QED) is 0.228. The Morgan fingerprint density at radius 3 is 2.19 bits per heavy atom. The molecule has 0 N–H and O–H groups in total. The Balaban J connectivity index is 1.78. The van der Waals surface area contributed by atoms with Gasteiger partial charge in [0.25, 0.3) is 11.8 Å². The number of anilines is 1. The summed E-state index contributed by atoms with van der Waals surface area (Å²) >= 11 is 0. The fraction of sp³-hybridized carbons (Fsp3) is 0.0968. The summed E-state index contributed by atoms with van der Waals surface area (Å²) in [4.78, 5) is 46.5. The highest BCUT2D eigenvalue weighted by Crippen LogP contribution is 2.43. The number of para-hydroxylation sites is 2. The van der Waals surface area contributed by atoms with Crippen molar-refractivity contribution in [1.82, 2.24) is 4.98 Å². The molecule has 0 saturated carbocycles. The number of pyridine rings is 1. The van der Waals surface area contributed by atoms with Crippen molar-refractivity contribution in [3.05, 3.63) is 107 Å². The Hall–Kier alpha value is -4.64. The third-order valence-corrected chi connectivity index (χ3v) is 6.70. The van der Waals surface area contributed by atoms with Gasteiger partial charge in [-0.1, -0.05) is 66.2 Å². The molecule has 5 nitrogen and oxygen atoms in total. The number of aromatic nitrogens is 1. The van der Waals surface area contributed by atoms with Crippen molar-refractivity contribution in [3.63, 3.8) is 0 Å². The summed E-state index contributed by atoms with van der Waals surface area (Å²) in [5, 5.41) is 1.67. The largest absolute Gasteiger partial charge is 0.300 e. The van der Waals surface area contributed by atoms with Gasteiger partial charge in [0.1, 0.15) is 5.78 Å². The number of amides is 2. The van der Waals surface area contributed by atoms with Crippen LogP contribution in [-0.2, 0) is 11.2 Å². The van der Waals surface area contributed by atoms with Gasteiger partial charge < -0.3 is 0 Å². The second kappa shape index (κ2) is 8.24. The van der Waals surface area contributed by atoms with Crippen LogP contribution in [0.4, 0.5) is 5.69 Å². The van der Waals surface area contributed by atoms with Crippen LogP contribution in [0.25, 0.3) is 32.9 Å².